The topological polar surface area (TPSA) is 105 Å². The van der Waals surface area contributed by atoms with E-state index in [1.54, 1.807) is 60.7 Å². The molecule has 4 aromatic heterocycles. The summed E-state index contributed by atoms with van der Waals surface area (Å²) in [6, 6.07) is 8.75. The van der Waals surface area contributed by atoms with Gasteiger partial charge in [-0.1, -0.05) is 25.8 Å². The standard InChI is InChI=1S/C29H31FN6O3/c1-3-4-5-8-19-17-35-13-14-36(29(39)26(35)25(19)30)27-22(18-37)21(10-12-32-27)20-15-23(28(38)34(2)16-20)33-24-9-6-7-11-31-24/h6-7,9-12,15-17,37H,3-5,8,13-14,18H2,1-2H3,(H,31,33). The van der Waals surface area contributed by atoms with Gasteiger partial charge in [-0.25, -0.2) is 14.4 Å². The van der Waals surface area contributed by atoms with E-state index in [0.29, 0.717) is 46.7 Å². The molecule has 0 saturated heterocycles. The van der Waals surface area contributed by atoms with Crippen molar-refractivity contribution in [2.24, 2.45) is 7.05 Å². The number of aryl methyl sites for hydroxylation is 2. The van der Waals surface area contributed by atoms with Crippen LogP contribution >= 0.6 is 0 Å². The predicted molar refractivity (Wildman–Crippen MR) is 148 cm³/mol. The molecule has 0 unspecified atom stereocenters. The summed E-state index contributed by atoms with van der Waals surface area (Å²) in [6.07, 6.45) is 10.1. The zero-order valence-electron chi connectivity index (χ0n) is 22.0. The number of hydrogen-bond donors (Lipinski definition) is 2. The molecule has 0 fully saturated rings. The minimum absolute atomic E-state index is 0.0211. The monoisotopic (exact) mass is 530 g/mol. The Hall–Kier alpha value is -4.31. The Bertz CT molecular complexity index is 1560. The number of pyridine rings is 3. The van der Waals surface area contributed by atoms with E-state index in [0.717, 1.165) is 19.3 Å². The van der Waals surface area contributed by atoms with Crippen LogP contribution in [0.25, 0.3) is 11.1 Å². The number of nitrogens with zero attached hydrogens (tertiary/aromatic N) is 5. The molecule has 0 aromatic carbocycles. The van der Waals surface area contributed by atoms with E-state index >= 15 is 4.39 Å². The van der Waals surface area contributed by atoms with E-state index in [9.17, 15) is 14.7 Å². The van der Waals surface area contributed by atoms with Crippen LogP contribution in [0.15, 0.2) is 59.9 Å². The maximum Gasteiger partial charge on any atom is 0.279 e. The Morgan fingerprint density at radius 3 is 2.67 bits per heavy atom. The van der Waals surface area contributed by atoms with Gasteiger partial charge in [-0.05, 0) is 42.7 Å². The molecule has 0 radical (unpaired) electrons. The smallest absolute Gasteiger partial charge is 0.279 e. The van der Waals surface area contributed by atoms with E-state index in [2.05, 4.69) is 22.2 Å². The molecular weight excluding hydrogens is 499 g/mol. The third-order valence-electron chi connectivity index (χ3n) is 7.02. The fraction of sp³-hybridized carbons (Fsp3) is 0.310. The number of halogens is 1. The van der Waals surface area contributed by atoms with Gasteiger partial charge >= 0.3 is 0 Å². The molecular formula is C29H31FN6O3. The number of aliphatic hydroxyl groups excluding tert-OH is 1. The number of anilines is 3. The number of carbonyl (C=O) groups excluding carboxylic acids is 1. The highest BCUT2D eigenvalue weighted by Crippen LogP contribution is 2.33. The maximum absolute atomic E-state index is 15.3. The van der Waals surface area contributed by atoms with E-state index in [1.807, 2.05) is 6.07 Å². The number of aromatic nitrogens is 4. The molecule has 0 spiro atoms. The largest absolute Gasteiger partial charge is 0.392 e. The molecule has 0 bridgehead atoms. The molecule has 0 aliphatic carbocycles. The lowest BCUT2D eigenvalue weighted by Gasteiger charge is -2.29. The summed E-state index contributed by atoms with van der Waals surface area (Å²) in [5, 5.41) is 13.5. The molecule has 0 atom stereocenters. The van der Waals surface area contributed by atoms with E-state index in [-0.39, 0.29) is 23.6 Å². The summed E-state index contributed by atoms with van der Waals surface area (Å²) >= 11 is 0. The number of unbranched alkanes of at least 4 members (excludes halogenated alkanes) is 2. The SMILES string of the molecule is CCCCCc1cn2c(c1F)C(=O)N(c1nccc(-c3cc(Nc4ccccn4)c(=O)n(C)c3)c1CO)CC2. The number of aliphatic hydroxyl groups is 1. The van der Waals surface area contributed by atoms with Gasteiger partial charge in [0.2, 0.25) is 0 Å². The summed E-state index contributed by atoms with van der Waals surface area (Å²) < 4.78 is 18.5. The molecule has 5 rings (SSSR count). The minimum atomic E-state index is -0.488. The molecule has 2 N–H and O–H groups in total. The normalized spacial score (nSPS) is 13.0. The van der Waals surface area contributed by atoms with Gasteiger partial charge in [0, 0.05) is 61.6 Å². The lowest BCUT2D eigenvalue weighted by atomic mass is 10.0. The van der Waals surface area contributed by atoms with Gasteiger partial charge in [0.15, 0.2) is 5.82 Å². The first-order valence-electron chi connectivity index (χ1n) is 13.1. The van der Waals surface area contributed by atoms with Gasteiger partial charge in [-0.2, -0.15) is 0 Å². The number of amides is 1. The van der Waals surface area contributed by atoms with Crippen LogP contribution in [0, 0.1) is 5.82 Å². The Kier molecular flexibility index (Phi) is 7.56. The van der Waals surface area contributed by atoms with Gasteiger partial charge in [-0.3, -0.25) is 14.5 Å². The molecule has 5 heterocycles. The minimum Gasteiger partial charge on any atom is -0.392 e. The van der Waals surface area contributed by atoms with Crippen molar-refractivity contribution in [2.75, 3.05) is 16.8 Å². The zero-order valence-corrected chi connectivity index (χ0v) is 22.0. The first-order chi connectivity index (χ1) is 18.9. The average molecular weight is 531 g/mol. The first-order valence-corrected chi connectivity index (χ1v) is 13.1. The summed E-state index contributed by atoms with van der Waals surface area (Å²) in [7, 11) is 1.64. The van der Waals surface area contributed by atoms with Crippen LogP contribution in [-0.4, -0.2) is 36.7 Å². The second kappa shape index (κ2) is 11.2. The predicted octanol–water partition coefficient (Wildman–Crippen LogP) is 4.41. The fourth-order valence-corrected chi connectivity index (χ4v) is 5.02. The highest BCUT2D eigenvalue weighted by molar-refractivity contribution is 6.06. The molecule has 4 aromatic rings. The van der Waals surface area contributed by atoms with E-state index in [1.165, 1.54) is 9.47 Å². The summed E-state index contributed by atoms with van der Waals surface area (Å²) in [6.45, 7) is 2.40. The molecule has 1 aliphatic rings. The van der Waals surface area contributed by atoms with Crippen LogP contribution in [0.2, 0.25) is 0 Å². The number of carbonyl (C=O) groups is 1. The highest BCUT2D eigenvalue weighted by atomic mass is 19.1. The van der Waals surface area contributed by atoms with Crippen LogP contribution in [0.4, 0.5) is 21.7 Å². The molecule has 39 heavy (non-hydrogen) atoms. The Morgan fingerprint density at radius 1 is 1.08 bits per heavy atom. The zero-order chi connectivity index (χ0) is 27.5. The van der Waals surface area contributed by atoms with Crippen molar-refractivity contribution >= 4 is 23.2 Å². The third kappa shape index (κ3) is 5.07. The first kappa shape index (κ1) is 26.3. The van der Waals surface area contributed by atoms with Gasteiger partial charge in [-0.15, -0.1) is 0 Å². The molecule has 1 amide bonds. The van der Waals surface area contributed by atoms with Crippen molar-refractivity contribution in [3.63, 3.8) is 0 Å². The van der Waals surface area contributed by atoms with Crippen LogP contribution in [0.5, 0.6) is 0 Å². The second-order valence-electron chi connectivity index (χ2n) is 9.64. The van der Waals surface area contributed by atoms with Crippen molar-refractivity contribution in [1.29, 1.82) is 0 Å². The molecule has 9 nitrogen and oxygen atoms in total. The van der Waals surface area contributed by atoms with Gasteiger partial charge in [0.25, 0.3) is 11.5 Å². The third-order valence-corrected chi connectivity index (χ3v) is 7.02. The summed E-state index contributed by atoms with van der Waals surface area (Å²) in [5.74, 6) is -0.182. The van der Waals surface area contributed by atoms with Crippen molar-refractivity contribution in [2.45, 2.75) is 45.8 Å². The summed E-state index contributed by atoms with van der Waals surface area (Å²) in [5.41, 5.74) is 2.29. The highest BCUT2D eigenvalue weighted by Gasteiger charge is 2.33. The van der Waals surface area contributed by atoms with Crippen LogP contribution in [-0.2, 0) is 26.6 Å². The van der Waals surface area contributed by atoms with Gasteiger partial charge in [0.1, 0.15) is 23.0 Å². The summed E-state index contributed by atoms with van der Waals surface area (Å²) in [4.78, 5) is 36.4. The molecule has 1 aliphatic heterocycles. The number of fused-ring (bicyclic) bond motifs is 1. The second-order valence-corrected chi connectivity index (χ2v) is 9.64. The van der Waals surface area contributed by atoms with Crippen molar-refractivity contribution in [1.82, 2.24) is 19.1 Å². The number of nitrogens with one attached hydrogen (secondary N) is 1. The van der Waals surface area contributed by atoms with Crippen LogP contribution in [0.3, 0.4) is 0 Å². The van der Waals surface area contributed by atoms with Crippen LogP contribution in [0.1, 0.15) is 47.8 Å². The number of hydrogen-bond acceptors (Lipinski definition) is 6. The maximum atomic E-state index is 15.3. The lowest BCUT2D eigenvalue weighted by molar-refractivity contribution is 0.0959. The molecule has 0 saturated carbocycles. The van der Waals surface area contributed by atoms with Crippen molar-refractivity contribution in [3.8, 4) is 11.1 Å². The molecule has 10 heteroatoms. The Morgan fingerprint density at radius 2 is 1.92 bits per heavy atom. The quantitative estimate of drug-likeness (QED) is 0.311. The Balaban J connectivity index is 1.51. The average Bonchev–Trinajstić information content (AvgIpc) is 3.27. The number of rotatable bonds is 9. The van der Waals surface area contributed by atoms with Crippen LogP contribution < -0.4 is 15.8 Å². The fourth-order valence-electron chi connectivity index (χ4n) is 5.02. The Labute approximate surface area is 225 Å². The van der Waals surface area contributed by atoms with Crippen molar-refractivity contribution in [3.05, 3.63) is 88.1 Å². The van der Waals surface area contributed by atoms with E-state index in [4.69, 9.17) is 0 Å². The molecule has 202 valence electrons. The van der Waals surface area contributed by atoms with Gasteiger partial charge in [0.05, 0.1) is 6.61 Å². The van der Waals surface area contributed by atoms with E-state index < -0.39 is 18.3 Å². The van der Waals surface area contributed by atoms with Crippen molar-refractivity contribution < 1.29 is 14.3 Å². The lowest BCUT2D eigenvalue weighted by Crippen LogP contribution is -2.41. The van der Waals surface area contributed by atoms with Gasteiger partial charge < -0.3 is 19.6 Å².